The zero-order valence-electron chi connectivity index (χ0n) is 12.8. The Bertz CT molecular complexity index is 859. The van der Waals surface area contributed by atoms with Gasteiger partial charge in [0.05, 0.1) is 5.69 Å². The highest BCUT2D eigenvalue weighted by Crippen LogP contribution is 2.18. The van der Waals surface area contributed by atoms with Crippen molar-refractivity contribution in [2.45, 2.75) is 0 Å². The summed E-state index contributed by atoms with van der Waals surface area (Å²) in [4.78, 5) is 16.0. The number of fused-ring (bicyclic) bond motifs is 1. The number of imidazole rings is 1. The number of benzene rings is 1. The van der Waals surface area contributed by atoms with Crippen molar-refractivity contribution in [2.75, 3.05) is 13.2 Å². The van der Waals surface area contributed by atoms with Crippen molar-refractivity contribution in [3.63, 3.8) is 0 Å². The van der Waals surface area contributed by atoms with Crippen LogP contribution >= 0.6 is 11.6 Å². The van der Waals surface area contributed by atoms with E-state index >= 15 is 0 Å². The Morgan fingerprint density at radius 1 is 1.12 bits per heavy atom. The first-order valence-corrected chi connectivity index (χ1v) is 7.77. The summed E-state index contributed by atoms with van der Waals surface area (Å²) in [6.07, 6.45) is 4.74. The number of carbonyl (C=O) groups excluding carboxylic acids is 1. The van der Waals surface area contributed by atoms with Crippen molar-refractivity contribution in [3.8, 4) is 5.75 Å². The lowest BCUT2D eigenvalue weighted by Gasteiger charge is -2.05. The zero-order valence-corrected chi connectivity index (χ0v) is 13.5. The van der Waals surface area contributed by atoms with Crippen LogP contribution in [-0.4, -0.2) is 28.6 Å². The Kier molecular flexibility index (Phi) is 5.13. The molecule has 3 aromatic rings. The molecule has 0 aliphatic rings. The zero-order chi connectivity index (χ0) is 16.8. The Morgan fingerprint density at radius 3 is 2.75 bits per heavy atom. The lowest BCUT2D eigenvalue weighted by Crippen LogP contribution is -2.10. The van der Waals surface area contributed by atoms with Crippen LogP contribution in [0.3, 0.4) is 0 Å². The molecule has 0 unspecified atom stereocenters. The summed E-state index contributed by atoms with van der Waals surface area (Å²) in [7, 11) is 0. The van der Waals surface area contributed by atoms with E-state index in [1.807, 2.05) is 54.7 Å². The second kappa shape index (κ2) is 7.66. The molecule has 6 heteroatoms. The van der Waals surface area contributed by atoms with Crippen LogP contribution in [-0.2, 0) is 9.53 Å². The molecule has 24 heavy (non-hydrogen) atoms. The highest BCUT2D eigenvalue weighted by Gasteiger charge is 2.07. The second-order valence-electron chi connectivity index (χ2n) is 4.88. The number of hydrogen-bond acceptors (Lipinski definition) is 4. The van der Waals surface area contributed by atoms with Gasteiger partial charge in [0.25, 0.3) is 0 Å². The minimum atomic E-state index is -0.464. The van der Waals surface area contributed by atoms with Gasteiger partial charge in [-0.1, -0.05) is 35.9 Å². The number of ether oxygens (including phenoxy) is 2. The minimum Gasteiger partial charge on any atom is -0.490 e. The summed E-state index contributed by atoms with van der Waals surface area (Å²) in [5.74, 6) is 0.273. The maximum Gasteiger partial charge on any atom is 0.330 e. The average molecular weight is 343 g/mol. The van der Waals surface area contributed by atoms with E-state index in [-0.39, 0.29) is 6.61 Å². The van der Waals surface area contributed by atoms with Crippen molar-refractivity contribution in [2.24, 2.45) is 0 Å². The molecule has 0 saturated carbocycles. The molecule has 3 rings (SSSR count). The number of rotatable bonds is 6. The normalized spacial score (nSPS) is 11.0. The maximum absolute atomic E-state index is 11.8. The minimum absolute atomic E-state index is 0.166. The third-order valence-corrected chi connectivity index (χ3v) is 3.52. The Labute approximate surface area is 144 Å². The monoisotopic (exact) mass is 342 g/mol. The molecule has 2 aromatic heterocycles. The average Bonchev–Trinajstić information content (AvgIpc) is 2.93. The van der Waals surface area contributed by atoms with Gasteiger partial charge in [-0.2, -0.15) is 0 Å². The van der Waals surface area contributed by atoms with Crippen LogP contribution in [0, 0.1) is 0 Å². The SMILES string of the molecule is O=C(/C=C/c1c(Cl)nc2ccccn12)OCCOc1ccccc1. The summed E-state index contributed by atoms with van der Waals surface area (Å²) >= 11 is 6.09. The quantitative estimate of drug-likeness (QED) is 0.390. The number of halogens is 1. The van der Waals surface area contributed by atoms with Gasteiger partial charge in [0.1, 0.15) is 24.6 Å². The highest BCUT2D eigenvalue weighted by atomic mass is 35.5. The van der Waals surface area contributed by atoms with Crippen molar-refractivity contribution in [3.05, 3.63) is 71.7 Å². The molecule has 0 amide bonds. The lowest BCUT2D eigenvalue weighted by molar-refractivity contribution is -0.138. The predicted octanol–water partition coefficient (Wildman–Crippen LogP) is 3.62. The first-order valence-electron chi connectivity index (χ1n) is 7.39. The molecule has 0 aliphatic heterocycles. The standard InChI is InChI=1S/C18H15ClN2O3/c19-18-15(21-11-5-4-8-16(21)20-18)9-10-17(22)24-13-12-23-14-6-2-1-3-7-14/h1-11H,12-13H2/b10-9+. The third kappa shape index (κ3) is 3.94. The van der Waals surface area contributed by atoms with E-state index in [1.54, 1.807) is 10.5 Å². The molecule has 0 atom stereocenters. The van der Waals surface area contributed by atoms with Crippen LogP contribution in [0.5, 0.6) is 5.75 Å². The fourth-order valence-electron chi connectivity index (χ4n) is 2.15. The van der Waals surface area contributed by atoms with Crippen LogP contribution in [0.25, 0.3) is 11.7 Å². The summed E-state index contributed by atoms with van der Waals surface area (Å²) in [5, 5.41) is 0.331. The van der Waals surface area contributed by atoms with E-state index < -0.39 is 5.97 Å². The molecule has 0 saturated heterocycles. The fraction of sp³-hybridized carbons (Fsp3) is 0.111. The van der Waals surface area contributed by atoms with Gasteiger partial charge in [-0.05, 0) is 30.3 Å². The van der Waals surface area contributed by atoms with Crippen molar-refractivity contribution in [1.82, 2.24) is 9.38 Å². The Morgan fingerprint density at radius 2 is 1.92 bits per heavy atom. The maximum atomic E-state index is 11.8. The predicted molar refractivity (Wildman–Crippen MR) is 92.1 cm³/mol. The summed E-state index contributed by atoms with van der Waals surface area (Å²) < 4.78 is 12.3. The van der Waals surface area contributed by atoms with Crippen molar-refractivity contribution >= 4 is 29.3 Å². The Balaban J connectivity index is 1.52. The molecule has 0 bridgehead atoms. The van der Waals surface area contributed by atoms with Gasteiger partial charge in [0.2, 0.25) is 0 Å². The number of hydrogen-bond donors (Lipinski definition) is 0. The number of pyridine rings is 1. The molecule has 0 N–H and O–H groups in total. The van der Waals surface area contributed by atoms with Crippen LogP contribution in [0.4, 0.5) is 0 Å². The number of nitrogens with zero attached hydrogens (tertiary/aromatic N) is 2. The summed E-state index contributed by atoms with van der Waals surface area (Å²) in [6, 6.07) is 14.9. The molecule has 0 spiro atoms. The number of aromatic nitrogens is 2. The van der Waals surface area contributed by atoms with Gasteiger partial charge >= 0.3 is 5.97 Å². The van der Waals surface area contributed by atoms with E-state index in [9.17, 15) is 4.79 Å². The van der Waals surface area contributed by atoms with Crippen LogP contribution in [0.2, 0.25) is 5.15 Å². The Hall–Kier alpha value is -2.79. The molecule has 2 heterocycles. The van der Waals surface area contributed by atoms with Crippen LogP contribution < -0.4 is 4.74 Å². The molecule has 0 radical (unpaired) electrons. The fourth-order valence-corrected chi connectivity index (χ4v) is 2.39. The molecular formula is C18H15ClN2O3. The molecule has 0 aliphatic carbocycles. The van der Waals surface area contributed by atoms with E-state index in [4.69, 9.17) is 21.1 Å². The lowest BCUT2D eigenvalue weighted by atomic mass is 10.3. The van der Waals surface area contributed by atoms with Gasteiger partial charge in [0, 0.05) is 12.3 Å². The number of para-hydroxylation sites is 1. The third-order valence-electron chi connectivity index (χ3n) is 3.24. The molecule has 5 nitrogen and oxygen atoms in total. The van der Waals surface area contributed by atoms with E-state index in [1.165, 1.54) is 6.08 Å². The van der Waals surface area contributed by atoms with Gasteiger partial charge in [-0.3, -0.25) is 4.40 Å². The molecule has 1 aromatic carbocycles. The van der Waals surface area contributed by atoms with Gasteiger partial charge in [0.15, 0.2) is 5.15 Å². The molecule has 122 valence electrons. The van der Waals surface area contributed by atoms with Crippen LogP contribution in [0.15, 0.2) is 60.8 Å². The van der Waals surface area contributed by atoms with E-state index in [2.05, 4.69) is 4.98 Å². The van der Waals surface area contributed by atoms with Crippen molar-refractivity contribution < 1.29 is 14.3 Å². The van der Waals surface area contributed by atoms with E-state index in [0.29, 0.717) is 23.1 Å². The van der Waals surface area contributed by atoms with Gasteiger partial charge < -0.3 is 9.47 Å². The summed E-state index contributed by atoms with van der Waals surface area (Å²) in [5.41, 5.74) is 1.34. The van der Waals surface area contributed by atoms with Gasteiger partial charge in [-0.25, -0.2) is 9.78 Å². The summed E-state index contributed by atoms with van der Waals surface area (Å²) in [6.45, 7) is 0.457. The highest BCUT2D eigenvalue weighted by molar-refractivity contribution is 6.31. The molecular weight excluding hydrogens is 328 g/mol. The van der Waals surface area contributed by atoms with E-state index in [0.717, 1.165) is 5.75 Å². The van der Waals surface area contributed by atoms with Crippen molar-refractivity contribution in [1.29, 1.82) is 0 Å². The molecule has 0 fully saturated rings. The first-order chi connectivity index (χ1) is 11.7. The number of carbonyl (C=O) groups is 1. The first kappa shape index (κ1) is 16.1. The number of esters is 1. The topological polar surface area (TPSA) is 52.8 Å². The second-order valence-corrected chi connectivity index (χ2v) is 5.24. The van der Waals surface area contributed by atoms with Gasteiger partial charge in [-0.15, -0.1) is 0 Å². The van der Waals surface area contributed by atoms with Crippen LogP contribution in [0.1, 0.15) is 5.69 Å². The smallest absolute Gasteiger partial charge is 0.330 e. The largest absolute Gasteiger partial charge is 0.490 e.